The number of nitrogens with zero attached hydrogens (tertiary/aromatic N) is 1. The molecule has 0 spiro atoms. The molecule has 1 amide bonds. The standard InChI is InChI=1S/C13H14FNO4/c14-10-4-2-1-3-8(10)5-12(17)15-7-9(16)6-11(15)13(18)19/h1-4,9,11,16H,5-7H2,(H,18,19)/t9-,11+/m1/s1. The minimum absolute atomic E-state index is 0.0122. The van der Waals surface area contributed by atoms with Crippen molar-refractivity contribution in [2.45, 2.75) is 25.0 Å². The number of aliphatic hydroxyl groups is 1. The number of rotatable bonds is 3. The highest BCUT2D eigenvalue weighted by molar-refractivity contribution is 5.85. The number of carbonyl (C=O) groups excluding carboxylic acids is 1. The second-order valence-corrected chi connectivity index (χ2v) is 4.56. The Kier molecular flexibility index (Phi) is 3.80. The Morgan fingerprint density at radius 3 is 2.68 bits per heavy atom. The van der Waals surface area contributed by atoms with Crippen LogP contribution in [0.4, 0.5) is 4.39 Å². The zero-order valence-corrected chi connectivity index (χ0v) is 10.1. The predicted molar refractivity (Wildman–Crippen MR) is 63.9 cm³/mol. The topological polar surface area (TPSA) is 77.8 Å². The van der Waals surface area contributed by atoms with E-state index in [1.807, 2.05) is 0 Å². The third-order valence-electron chi connectivity index (χ3n) is 3.18. The maximum Gasteiger partial charge on any atom is 0.326 e. The SMILES string of the molecule is O=C(O)[C@@H]1C[C@@H](O)CN1C(=O)Cc1ccccc1F. The average molecular weight is 267 g/mol. The van der Waals surface area contributed by atoms with Crippen LogP contribution in [0.15, 0.2) is 24.3 Å². The van der Waals surface area contributed by atoms with Crippen LogP contribution in [0.2, 0.25) is 0 Å². The number of aliphatic carboxylic acids is 1. The van der Waals surface area contributed by atoms with E-state index in [2.05, 4.69) is 0 Å². The fraction of sp³-hybridized carbons (Fsp3) is 0.385. The van der Waals surface area contributed by atoms with Gasteiger partial charge in [-0.15, -0.1) is 0 Å². The lowest BCUT2D eigenvalue weighted by Gasteiger charge is -2.21. The first-order valence-electron chi connectivity index (χ1n) is 5.92. The van der Waals surface area contributed by atoms with E-state index in [1.165, 1.54) is 18.2 Å². The van der Waals surface area contributed by atoms with Gasteiger partial charge in [-0.3, -0.25) is 4.79 Å². The van der Waals surface area contributed by atoms with Crippen molar-refractivity contribution in [1.82, 2.24) is 4.90 Å². The summed E-state index contributed by atoms with van der Waals surface area (Å²) in [5.74, 6) is -2.14. The van der Waals surface area contributed by atoms with Crippen molar-refractivity contribution >= 4 is 11.9 Å². The van der Waals surface area contributed by atoms with E-state index >= 15 is 0 Å². The van der Waals surface area contributed by atoms with Gasteiger partial charge in [-0.25, -0.2) is 9.18 Å². The lowest BCUT2D eigenvalue weighted by molar-refractivity contribution is -0.148. The van der Waals surface area contributed by atoms with E-state index < -0.39 is 29.8 Å². The third-order valence-corrected chi connectivity index (χ3v) is 3.18. The van der Waals surface area contributed by atoms with E-state index in [4.69, 9.17) is 5.11 Å². The van der Waals surface area contributed by atoms with Gasteiger partial charge in [0.1, 0.15) is 11.9 Å². The van der Waals surface area contributed by atoms with Crippen LogP contribution >= 0.6 is 0 Å². The van der Waals surface area contributed by atoms with Gasteiger partial charge in [0.05, 0.1) is 12.5 Å². The molecule has 1 saturated heterocycles. The second kappa shape index (κ2) is 5.36. The molecule has 2 rings (SSSR count). The van der Waals surface area contributed by atoms with Crippen molar-refractivity contribution < 1.29 is 24.2 Å². The molecule has 0 saturated carbocycles. The van der Waals surface area contributed by atoms with Crippen LogP contribution in [0, 0.1) is 5.82 Å². The van der Waals surface area contributed by atoms with E-state index in [-0.39, 0.29) is 24.9 Å². The maximum absolute atomic E-state index is 13.4. The van der Waals surface area contributed by atoms with Gasteiger partial charge in [0.15, 0.2) is 0 Å². The Morgan fingerprint density at radius 1 is 1.37 bits per heavy atom. The summed E-state index contributed by atoms with van der Waals surface area (Å²) in [5.41, 5.74) is 0.220. The molecule has 0 aromatic heterocycles. The van der Waals surface area contributed by atoms with Gasteiger partial charge >= 0.3 is 5.97 Å². The van der Waals surface area contributed by atoms with Crippen LogP contribution in [-0.4, -0.2) is 45.7 Å². The van der Waals surface area contributed by atoms with E-state index in [9.17, 15) is 19.1 Å². The van der Waals surface area contributed by atoms with Crippen LogP contribution < -0.4 is 0 Å². The molecule has 1 aliphatic rings. The zero-order valence-electron chi connectivity index (χ0n) is 10.1. The molecule has 2 N–H and O–H groups in total. The molecule has 0 aliphatic carbocycles. The third kappa shape index (κ3) is 2.90. The Labute approximate surface area is 109 Å². The molecule has 1 fully saturated rings. The van der Waals surface area contributed by atoms with Crippen molar-refractivity contribution in [2.75, 3.05) is 6.54 Å². The number of carboxylic acid groups (broad SMARTS) is 1. The van der Waals surface area contributed by atoms with E-state index in [0.717, 1.165) is 4.90 Å². The number of aliphatic hydroxyl groups excluding tert-OH is 1. The maximum atomic E-state index is 13.4. The normalized spacial score (nSPS) is 22.5. The molecule has 19 heavy (non-hydrogen) atoms. The van der Waals surface area contributed by atoms with Gasteiger partial charge in [0, 0.05) is 13.0 Å². The quantitative estimate of drug-likeness (QED) is 0.831. The number of halogens is 1. The largest absolute Gasteiger partial charge is 0.480 e. The van der Waals surface area contributed by atoms with Crippen molar-refractivity contribution in [2.24, 2.45) is 0 Å². The summed E-state index contributed by atoms with van der Waals surface area (Å²) >= 11 is 0. The molecule has 102 valence electrons. The summed E-state index contributed by atoms with van der Waals surface area (Å²) in [5, 5.41) is 18.4. The summed E-state index contributed by atoms with van der Waals surface area (Å²) in [4.78, 5) is 24.1. The zero-order chi connectivity index (χ0) is 14.0. The summed E-state index contributed by atoms with van der Waals surface area (Å²) in [6, 6.07) is 4.82. The molecule has 1 aromatic carbocycles. The van der Waals surface area contributed by atoms with Gasteiger partial charge in [-0.1, -0.05) is 18.2 Å². The van der Waals surface area contributed by atoms with Gasteiger partial charge in [0.2, 0.25) is 5.91 Å². The van der Waals surface area contributed by atoms with Crippen LogP contribution in [0.5, 0.6) is 0 Å². The van der Waals surface area contributed by atoms with Crippen LogP contribution in [0.1, 0.15) is 12.0 Å². The van der Waals surface area contributed by atoms with Crippen molar-refractivity contribution in [3.63, 3.8) is 0 Å². The second-order valence-electron chi connectivity index (χ2n) is 4.56. The van der Waals surface area contributed by atoms with Crippen molar-refractivity contribution in [3.8, 4) is 0 Å². The highest BCUT2D eigenvalue weighted by Gasteiger charge is 2.38. The van der Waals surface area contributed by atoms with Crippen molar-refractivity contribution in [3.05, 3.63) is 35.6 Å². The minimum Gasteiger partial charge on any atom is -0.480 e. The number of hydrogen-bond donors (Lipinski definition) is 2. The predicted octanol–water partition coefficient (Wildman–Crippen LogP) is 0.415. The van der Waals surface area contributed by atoms with Crippen LogP contribution in [0.25, 0.3) is 0 Å². The van der Waals surface area contributed by atoms with Crippen LogP contribution in [0.3, 0.4) is 0 Å². The molecule has 0 unspecified atom stereocenters. The highest BCUT2D eigenvalue weighted by atomic mass is 19.1. The summed E-state index contributed by atoms with van der Waals surface area (Å²) in [7, 11) is 0. The molecular formula is C13H14FNO4. The number of likely N-dealkylation sites (tertiary alicyclic amines) is 1. The number of β-amino-alcohol motifs (C(OH)–C–C–N with tert-alkyl or cyclic N) is 1. The lowest BCUT2D eigenvalue weighted by atomic mass is 10.1. The first-order valence-corrected chi connectivity index (χ1v) is 5.92. The smallest absolute Gasteiger partial charge is 0.326 e. The van der Waals surface area contributed by atoms with Gasteiger partial charge in [0.25, 0.3) is 0 Å². The minimum atomic E-state index is -1.15. The van der Waals surface area contributed by atoms with Crippen LogP contribution in [-0.2, 0) is 16.0 Å². The van der Waals surface area contributed by atoms with Crippen molar-refractivity contribution in [1.29, 1.82) is 0 Å². The Balaban J connectivity index is 2.11. The fourth-order valence-electron chi connectivity index (χ4n) is 2.23. The number of hydrogen-bond acceptors (Lipinski definition) is 3. The number of benzene rings is 1. The molecule has 0 radical (unpaired) electrons. The average Bonchev–Trinajstić information content (AvgIpc) is 2.74. The van der Waals surface area contributed by atoms with Gasteiger partial charge in [-0.05, 0) is 11.6 Å². The first-order chi connectivity index (χ1) is 8.99. The summed E-state index contributed by atoms with van der Waals surface area (Å²) in [6.45, 7) is -0.0236. The highest BCUT2D eigenvalue weighted by Crippen LogP contribution is 2.20. The molecule has 2 atom stereocenters. The Bertz CT molecular complexity index is 505. The molecule has 1 aliphatic heterocycles. The molecule has 5 nitrogen and oxygen atoms in total. The lowest BCUT2D eigenvalue weighted by Crippen LogP contribution is -2.41. The molecule has 1 aromatic rings. The monoisotopic (exact) mass is 267 g/mol. The van der Waals surface area contributed by atoms with E-state index in [0.29, 0.717) is 0 Å². The van der Waals surface area contributed by atoms with Gasteiger partial charge < -0.3 is 15.1 Å². The number of carbonyl (C=O) groups is 2. The molecule has 0 bridgehead atoms. The molecule has 1 heterocycles. The molecule has 6 heteroatoms. The van der Waals surface area contributed by atoms with Gasteiger partial charge in [-0.2, -0.15) is 0 Å². The summed E-state index contributed by atoms with van der Waals surface area (Å²) in [6.07, 6.45) is -1.03. The first kappa shape index (κ1) is 13.5. The fourth-order valence-corrected chi connectivity index (χ4v) is 2.23. The number of amides is 1. The van der Waals surface area contributed by atoms with E-state index in [1.54, 1.807) is 6.07 Å². The Hall–Kier alpha value is -1.95. The molecular weight excluding hydrogens is 253 g/mol. The number of carboxylic acids is 1. The summed E-state index contributed by atoms with van der Waals surface area (Å²) < 4.78 is 13.4. The Morgan fingerprint density at radius 2 is 2.05 bits per heavy atom.